The van der Waals surface area contributed by atoms with Crippen LogP contribution in [-0.4, -0.2) is 13.0 Å². The Morgan fingerprint density at radius 1 is 1.40 bits per heavy atom. The van der Waals surface area contributed by atoms with Crippen LogP contribution in [0, 0.1) is 0 Å². The monoisotopic (exact) mass is 225 g/mol. The molecule has 80 valence electrons. The lowest BCUT2D eigenvalue weighted by atomic mass is 9.85. The van der Waals surface area contributed by atoms with Crippen molar-refractivity contribution >= 4 is 23.2 Å². The van der Waals surface area contributed by atoms with Gasteiger partial charge in [-0.1, -0.05) is 11.6 Å². The lowest BCUT2D eigenvalue weighted by molar-refractivity contribution is -0.119. The van der Waals surface area contributed by atoms with Gasteiger partial charge in [0.25, 0.3) is 0 Å². The van der Waals surface area contributed by atoms with Crippen molar-refractivity contribution in [2.45, 2.75) is 19.3 Å². The largest absolute Gasteiger partial charge is 0.496 e. The molecular formula is C11H12ClNO2. The van der Waals surface area contributed by atoms with Crippen molar-refractivity contribution in [1.82, 2.24) is 0 Å². The fourth-order valence-electron chi connectivity index (χ4n) is 1.85. The van der Waals surface area contributed by atoms with E-state index in [0.717, 1.165) is 5.56 Å². The fraction of sp³-hybridized carbons (Fsp3) is 0.364. The van der Waals surface area contributed by atoms with Gasteiger partial charge in [0, 0.05) is 5.56 Å². The Kier molecular flexibility index (Phi) is 2.15. The quantitative estimate of drug-likeness (QED) is 0.798. The van der Waals surface area contributed by atoms with Gasteiger partial charge in [-0.2, -0.15) is 0 Å². The molecule has 0 spiro atoms. The van der Waals surface area contributed by atoms with Crippen LogP contribution in [0.25, 0.3) is 0 Å². The van der Waals surface area contributed by atoms with Gasteiger partial charge in [0.1, 0.15) is 5.75 Å². The van der Waals surface area contributed by atoms with E-state index in [4.69, 9.17) is 16.3 Å². The van der Waals surface area contributed by atoms with Crippen LogP contribution in [0.4, 0.5) is 5.69 Å². The van der Waals surface area contributed by atoms with Crippen LogP contribution >= 0.6 is 11.6 Å². The maximum atomic E-state index is 11.7. The summed E-state index contributed by atoms with van der Waals surface area (Å²) < 4.78 is 5.25. The molecule has 0 bridgehead atoms. The first-order valence-electron chi connectivity index (χ1n) is 4.67. The first-order chi connectivity index (χ1) is 6.98. The van der Waals surface area contributed by atoms with Crippen LogP contribution in [0.2, 0.25) is 5.02 Å². The zero-order valence-corrected chi connectivity index (χ0v) is 9.61. The smallest absolute Gasteiger partial charge is 0.234 e. The molecule has 1 aromatic carbocycles. The lowest BCUT2D eigenvalue weighted by Gasteiger charge is -2.18. The molecule has 1 heterocycles. The topological polar surface area (TPSA) is 38.3 Å². The van der Waals surface area contributed by atoms with Gasteiger partial charge in [-0.05, 0) is 26.0 Å². The number of benzene rings is 1. The van der Waals surface area contributed by atoms with Crippen molar-refractivity contribution in [2.75, 3.05) is 12.4 Å². The van der Waals surface area contributed by atoms with Gasteiger partial charge < -0.3 is 10.1 Å². The van der Waals surface area contributed by atoms with Gasteiger partial charge in [-0.15, -0.1) is 0 Å². The molecular weight excluding hydrogens is 214 g/mol. The van der Waals surface area contributed by atoms with Crippen molar-refractivity contribution in [3.05, 3.63) is 22.7 Å². The molecule has 0 fully saturated rings. The van der Waals surface area contributed by atoms with Crippen LogP contribution in [0.1, 0.15) is 19.4 Å². The number of halogens is 1. The van der Waals surface area contributed by atoms with Crippen molar-refractivity contribution < 1.29 is 9.53 Å². The van der Waals surface area contributed by atoms with Crippen LogP contribution in [0.15, 0.2) is 12.1 Å². The number of amides is 1. The highest BCUT2D eigenvalue weighted by Crippen LogP contribution is 2.46. The first-order valence-corrected chi connectivity index (χ1v) is 5.04. The standard InChI is InChI=1S/C11H12ClNO2/c1-11(2)8-7(15-3)5-4-6(12)9(8)13-10(11)14/h4-5H,1-3H3,(H,13,14). The Morgan fingerprint density at radius 2 is 2.07 bits per heavy atom. The predicted octanol–water partition coefficient (Wildman–Crippen LogP) is 2.58. The average molecular weight is 226 g/mol. The molecule has 3 nitrogen and oxygen atoms in total. The predicted molar refractivity (Wildman–Crippen MR) is 59.7 cm³/mol. The zero-order valence-electron chi connectivity index (χ0n) is 8.85. The molecule has 0 radical (unpaired) electrons. The van der Waals surface area contributed by atoms with Gasteiger partial charge in [0.15, 0.2) is 0 Å². The number of nitrogens with one attached hydrogen (secondary N) is 1. The molecule has 1 aliphatic heterocycles. The molecule has 0 unspecified atom stereocenters. The van der Waals surface area contributed by atoms with Gasteiger partial charge >= 0.3 is 0 Å². The SMILES string of the molecule is COc1ccc(Cl)c2c1C(C)(C)C(=O)N2. The average Bonchev–Trinajstić information content (AvgIpc) is 2.42. The molecule has 15 heavy (non-hydrogen) atoms. The zero-order chi connectivity index (χ0) is 11.2. The number of fused-ring (bicyclic) bond motifs is 1. The molecule has 0 saturated heterocycles. The second kappa shape index (κ2) is 3.14. The van der Waals surface area contributed by atoms with Crippen molar-refractivity contribution in [3.63, 3.8) is 0 Å². The summed E-state index contributed by atoms with van der Waals surface area (Å²) in [5, 5.41) is 3.33. The summed E-state index contributed by atoms with van der Waals surface area (Å²) in [6.07, 6.45) is 0. The highest BCUT2D eigenvalue weighted by Gasteiger charge is 2.42. The van der Waals surface area contributed by atoms with Crippen molar-refractivity contribution in [1.29, 1.82) is 0 Å². The number of anilines is 1. The number of hydrogen-bond acceptors (Lipinski definition) is 2. The number of methoxy groups -OCH3 is 1. The van der Waals surface area contributed by atoms with E-state index in [-0.39, 0.29) is 5.91 Å². The third-order valence-corrected chi connectivity index (χ3v) is 3.08. The van der Waals surface area contributed by atoms with Crippen LogP contribution in [-0.2, 0) is 10.2 Å². The third-order valence-electron chi connectivity index (χ3n) is 2.77. The summed E-state index contributed by atoms with van der Waals surface area (Å²) in [5.41, 5.74) is 0.916. The molecule has 0 saturated carbocycles. The summed E-state index contributed by atoms with van der Waals surface area (Å²) in [5.74, 6) is 0.640. The number of rotatable bonds is 1. The minimum absolute atomic E-state index is 0.0519. The summed E-state index contributed by atoms with van der Waals surface area (Å²) in [7, 11) is 1.59. The number of ether oxygens (including phenoxy) is 1. The summed E-state index contributed by atoms with van der Waals surface area (Å²) in [4.78, 5) is 11.7. The molecule has 2 rings (SSSR count). The van der Waals surface area contributed by atoms with E-state index in [0.29, 0.717) is 16.5 Å². The van der Waals surface area contributed by atoms with E-state index in [1.54, 1.807) is 19.2 Å². The second-order valence-corrected chi connectivity index (χ2v) is 4.49. The van der Waals surface area contributed by atoms with E-state index in [2.05, 4.69) is 5.32 Å². The van der Waals surface area contributed by atoms with Gasteiger partial charge in [-0.25, -0.2) is 0 Å². The first kappa shape index (κ1) is 10.3. The Hall–Kier alpha value is -1.22. The van der Waals surface area contributed by atoms with Crippen molar-refractivity contribution in [3.8, 4) is 5.75 Å². The van der Waals surface area contributed by atoms with E-state index in [9.17, 15) is 4.79 Å². The molecule has 4 heteroatoms. The Bertz CT molecular complexity index is 440. The molecule has 1 aliphatic rings. The van der Waals surface area contributed by atoms with Gasteiger partial charge in [0.2, 0.25) is 5.91 Å². The van der Waals surface area contributed by atoms with Crippen molar-refractivity contribution in [2.24, 2.45) is 0 Å². The van der Waals surface area contributed by atoms with Gasteiger partial charge in [0.05, 0.1) is 23.2 Å². The molecule has 0 atom stereocenters. The minimum atomic E-state index is -0.592. The Balaban J connectivity index is 2.73. The summed E-state index contributed by atoms with van der Waals surface area (Å²) in [6, 6.07) is 3.50. The fourth-order valence-corrected chi connectivity index (χ4v) is 2.06. The Labute approximate surface area is 93.4 Å². The molecule has 0 aromatic heterocycles. The highest BCUT2D eigenvalue weighted by molar-refractivity contribution is 6.35. The number of carbonyl (C=O) groups is 1. The van der Waals surface area contributed by atoms with E-state index in [1.165, 1.54) is 0 Å². The lowest BCUT2D eigenvalue weighted by Crippen LogP contribution is -2.27. The number of carbonyl (C=O) groups excluding carboxylic acids is 1. The van der Waals surface area contributed by atoms with Crippen LogP contribution < -0.4 is 10.1 Å². The van der Waals surface area contributed by atoms with Crippen LogP contribution in [0.5, 0.6) is 5.75 Å². The molecule has 1 N–H and O–H groups in total. The van der Waals surface area contributed by atoms with E-state index >= 15 is 0 Å². The Morgan fingerprint density at radius 3 is 2.67 bits per heavy atom. The molecule has 1 aromatic rings. The summed E-state index contributed by atoms with van der Waals surface area (Å²) in [6.45, 7) is 3.71. The molecule has 0 aliphatic carbocycles. The summed E-state index contributed by atoms with van der Waals surface area (Å²) >= 11 is 6.02. The van der Waals surface area contributed by atoms with Gasteiger partial charge in [-0.3, -0.25) is 4.79 Å². The minimum Gasteiger partial charge on any atom is -0.496 e. The highest BCUT2D eigenvalue weighted by atomic mass is 35.5. The normalized spacial score (nSPS) is 17.2. The second-order valence-electron chi connectivity index (χ2n) is 4.08. The van der Waals surface area contributed by atoms with Crippen LogP contribution in [0.3, 0.4) is 0 Å². The number of hydrogen-bond donors (Lipinski definition) is 1. The van der Waals surface area contributed by atoms with E-state index < -0.39 is 5.41 Å². The maximum Gasteiger partial charge on any atom is 0.234 e. The maximum absolute atomic E-state index is 11.7. The van der Waals surface area contributed by atoms with E-state index in [1.807, 2.05) is 13.8 Å². The molecule has 1 amide bonds. The third kappa shape index (κ3) is 1.30.